The summed E-state index contributed by atoms with van der Waals surface area (Å²) in [5.41, 5.74) is 2.36. The van der Waals surface area contributed by atoms with Crippen LogP contribution in [0, 0.1) is 0 Å². The van der Waals surface area contributed by atoms with Gasteiger partial charge in [0.15, 0.2) is 0 Å². The Labute approximate surface area is 116 Å². The van der Waals surface area contributed by atoms with E-state index in [1.54, 1.807) is 0 Å². The third-order valence-electron chi connectivity index (χ3n) is 3.11. The topological polar surface area (TPSA) is 15.3 Å². The van der Waals surface area contributed by atoms with Crippen LogP contribution in [-0.2, 0) is 0 Å². The minimum atomic E-state index is 0.289. The van der Waals surface area contributed by atoms with Crippen molar-refractivity contribution < 1.29 is 0 Å². The van der Waals surface area contributed by atoms with Crippen molar-refractivity contribution in [1.29, 1.82) is 0 Å². The van der Waals surface area contributed by atoms with Gasteiger partial charge in [0.05, 0.1) is 0 Å². The minimum Gasteiger partial charge on any atom is -0.313 e. The lowest BCUT2D eigenvalue weighted by Gasteiger charge is -2.26. The van der Waals surface area contributed by atoms with E-state index < -0.39 is 0 Å². The second-order valence-electron chi connectivity index (χ2n) is 4.64. The van der Waals surface area contributed by atoms with Gasteiger partial charge < -0.3 is 5.32 Å². The molecule has 18 heavy (non-hydrogen) atoms. The van der Waals surface area contributed by atoms with Crippen LogP contribution in [0.4, 0.5) is 0 Å². The zero-order valence-corrected chi connectivity index (χ0v) is 12.3. The lowest BCUT2D eigenvalue weighted by molar-refractivity contribution is 0.282. The summed E-state index contributed by atoms with van der Waals surface area (Å²) < 4.78 is 0. The molecule has 1 aromatic rings. The van der Waals surface area contributed by atoms with Gasteiger partial charge in [-0.25, -0.2) is 0 Å². The highest BCUT2D eigenvalue weighted by atomic mass is 35.5. The zero-order valence-electron chi connectivity index (χ0n) is 11.5. The van der Waals surface area contributed by atoms with Crippen molar-refractivity contribution in [3.63, 3.8) is 0 Å². The molecule has 0 saturated heterocycles. The summed E-state index contributed by atoms with van der Waals surface area (Å²) in [6, 6.07) is 8.30. The van der Waals surface area contributed by atoms with Gasteiger partial charge >= 0.3 is 0 Å². The van der Waals surface area contributed by atoms with E-state index in [2.05, 4.69) is 43.8 Å². The first-order valence-corrected chi connectivity index (χ1v) is 6.76. The molecule has 0 aromatic heterocycles. The molecular formula is C15H23ClN2. The van der Waals surface area contributed by atoms with Crippen LogP contribution in [0.3, 0.4) is 0 Å². The molecule has 0 amide bonds. The van der Waals surface area contributed by atoms with Crippen molar-refractivity contribution in [2.24, 2.45) is 0 Å². The Morgan fingerprint density at radius 3 is 2.72 bits per heavy atom. The third-order valence-corrected chi connectivity index (χ3v) is 3.46. The van der Waals surface area contributed by atoms with Crippen LogP contribution < -0.4 is 5.32 Å². The number of hydrogen-bond donors (Lipinski definition) is 1. The largest absolute Gasteiger partial charge is 0.313 e. The van der Waals surface area contributed by atoms with Crippen LogP contribution in [0.5, 0.6) is 0 Å². The summed E-state index contributed by atoms with van der Waals surface area (Å²) in [7, 11) is 2.10. The SMILES string of the molecule is C=C(CNCC)CN(C)C(C)c1ccccc1Cl. The van der Waals surface area contributed by atoms with Crippen LogP contribution >= 0.6 is 11.6 Å². The molecule has 0 heterocycles. The van der Waals surface area contributed by atoms with E-state index in [0.717, 1.165) is 30.2 Å². The van der Waals surface area contributed by atoms with Crippen molar-refractivity contribution in [3.05, 3.63) is 47.0 Å². The first kappa shape index (κ1) is 15.2. The number of benzene rings is 1. The van der Waals surface area contributed by atoms with Gasteiger partial charge in [-0.15, -0.1) is 0 Å². The zero-order chi connectivity index (χ0) is 13.5. The maximum absolute atomic E-state index is 6.22. The molecule has 0 aliphatic rings. The van der Waals surface area contributed by atoms with E-state index >= 15 is 0 Å². The lowest BCUT2D eigenvalue weighted by Crippen LogP contribution is -2.28. The van der Waals surface area contributed by atoms with E-state index in [4.69, 9.17) is 11.6 Å². The molecule has 2 nitrogen and oxygen atoms in total. The standard InChI is InChI=1S/C15H23ClN2/c1-5-17-10-12(2)11-18(4)13(3)14-8-6-7-9-15(14)16/h6-9,13,17H,2,5,10-11H2,1,3-4H3. The molecule has 0 bridgehead atoms. The van der Waals surface area contributed by atoms with Crippen LogP contribution in [0.1, 0.15) is 25.5 Å². The fraction of sp³-hybridized carbons (Fsp3) is 0.467. The summed E-state index contributed by atoms with van der Waals surface area (Å²) >= 11 is 6.22. The summed E-state index contributed by atoms with van der Waals surface area (Å²) in [4.78, 5) is 2.26. The molecule has 0 saturated carbocycles. The quantitative estimate of drug-likeness (QED) is 0.760. The smallest absolute Gasteiger partial charge is 0.0453 e. The molecule has 1 rings (SSSR count). The number of hydrogen-bond acceptors (Lipinski definition) is 2. The average molecular weight is 267 g/mol. The van der Waals surface area contributed by atoms with E-state index in [1.165, 1.54) is 5.57 Å². The molecular weight excluding hydrogens is 244 g/mol. The van der Waals surface area contributed by atoms with Crippen molar-refractivity contribution in [2.75, 3.05) is 26.7 Å². The Hall–Kier alpha value is -0.830. The van der Waals surface area contributed by atoms with E-state index in [-0.39, 0.29) is 6.04 Å². The lowest BCUT2D eigenvalue weighted by atomic mass is 10.1. The van der Waals surface area contributed by atoms with Gasteiger partial charge in [-0.1, -0.05) is 43.3 Å². The molecule has 1 unspecified atom stereocenters. The maximum atomic E-state index is 6.22. The Kier molecular flexibility index (Phi) is 6.41. The van der Waals surface area contributed by atoms with Gasteiger partial charge in [0.2, 0.25) is 0 Å². The van der Waals surface area contributed by atoms with Crippen molar-refractivity contribution >= 4 is 11.6 Å². The number of nitrogens with one attached hydrogen (secondary N) is 1. The Balaban J connectivity index is 2.59. The molecule has 100 valence electrons. The molecule has 1 atom stereocenters. The van der Waals surface area contributed by atoms with E-state index in [9.17, 15) is 0 Å². The monoisotopic (exact) mass is 266 g/mol. The Morgan fingerprint density at radius 2 is 2.11 bits per heavy atom. The number of likely N-dealkylation sites (N-methyl/N-ethyl adjacent to an activating group) is 2. The van der Waals surface area contributed by atoms with E-state index in [0.29, 0.717) is 0 Å². The van der Waals surface area contributed by atoms with Crippen molar-refractivity contribution in [3.8, 4) is 0 Å². The fourth-order valence-corrected chi connectivity index (χ4v) is 2.19. The van der Waals surface area contributed by atoms with Crippen LogP contribution in [0.2, 0.25) is 5.02 Å². The molecule has 0 spiro atoms. The number of rotatable bonds is 7. The predicted molar refractivity (Wildman–Crippen MR) is 80.2 cm³/mol. The summed E-state index contributed by atoms with van der Waals surface area (Å²) in [5, 5.41) is 4.12. The normalized spacial score (nSPS) is 12.7. The van der Waals surface area contributed by atoms with Crippen molar-refractivity contribution in [2.45, 2.75) is 19.9 Å². The van der Waals surface area contributed by atoms with Crippen LogP contribution in [0.15, 0.2) is 36.4 Å². The molecule has 0 fully saturated rings. The Bertz CT molecular complexity index is 390. The molecule has 0 radical (unpaired) electrons. The van der Waals surface area contributed by atoms with Gasteiger partial charge in [0.25, 0.3) is 0 Å². The summed E-state index contributed by atoms with van der Waals surface area (Å²) in [6.07, 6.45) is 0. The summed E-state index contributed by atoms with van der Waals surface area (Å²) in [5.74, 6) is 0. The van der Waals surface area contributed by atoms with Crippen molar-refractivity contribution in [1.82, 2.24) is 10.2 Å². The summed E-state index contributed by atoms with van der Waals surface area (Å²) in [6.45, 7) is 11.1. The van der Waals surface area contributed by atoms with Gasteiger partial charge in [0.1, 0.15) is 0 Å². The highest BCUT2D eigenvalue weighted by Crippen LogP contribution is 2.26. The molecule has 1 N–H and O–H groups in total. The van der Waals surface area contributed by atoms with Gasteiger partial charge in [-0.2, -0.15) is 0 Å². The number of halogens is 1. The highest BCUT2D eigenvalue weighted by molar-refractivity contribution is 6.31. The highest BCUT2D eigenvalue weighted by Gasteiger charge is 2.14. The molecule has 1 aromatic carbocycles. The maximum Gasteiger partial charge on any atom is 0.0453 e. The molecule has 0 aliphatic carbocycles. The first-order valence-electron chi connectivity index (χ1n) is 6.38. The van der Waals surface area contributed by atoms with E-state index in [1.807, 2.05) is 18.2 Å². The van der Waals surface area contributed by atoms with Crippen LogP contribution in [0.25, 0.3) is 0 Å². The van der Waals surface area contributed by atoms with Gasteiger partial charge in [-0.3, -0.25) is 4.90 Å². The minimum absolute atomic E-state index is 0.289. The first-order chi connectivity index (χ1) is 8.56. The van der Waals surface area contributed by atoms with Crippen LogP contribution in [-0.4, -0.2) is 31.6 Å². The Morgan fingerprint density at radius 1 is 1.44 bits per heavy atom. The molecule has 3 heteroatoms. The average Bonchev–Trinajstić information content (AvgIpc) is 2.36. The number of nitrogens with zero attached hydrogens (tertiary/aromatic N) is 1. The molecule has 0 aliphatic heterocycles. The predicted octanol–water partition coefficient (Wildman–Crippen LogP) is 3.50. The van der Waals surface area contributed by atoms with Gasteiger partial charge in [0, 0.05) is 24.2 Å². The second kappa shape index (κ2) is 7.57. The fourth-order valence-electron chi connectivity index (χ4n) is 1.90. The van der Waals surface area contributed by atoms with Gasteiger partial charge in [-0.05, 0) is 37.7 Å². The third kappa shape index (κ3) is 4.45. The second-order valence-corrected chi connectivity index (χ2v) is 5.05.